The standard InChI is InChI=1S/C16H17ClN4O3S/c17-11-3-1-2-10(8-11)14-9-15(21-20-14)16(22)19-12-4-6-13(7-5-12)25(18,23)24/h1-8,14-15,20-21H,9H2,(H,19,22)(H2,18,23,24). The number of hydrogen-bond donors (Lipinski definition) is 4. The molecule has 2 unspecified atom stereocenters. The van der Waals surface area contributed by atoms with Crippen LogP contribution in [-0.2, 0) is 14.8 Å². The van der Waals surface area contributed by atoms with E-state index in [1.165, 1.54) is 24.3 Å². The van der Waals surface area contributed by atoms with E-state index in [0.29, 0.717) is 17.1 Å². The van der Waals surface area contributed by atoms with Crippen LogP contribution in [0.3, 0.4) is 0 Å². The number of hydrogen-bond acceptors (Lipinski definition) is 5. The van der Waals surface area contributed by atoms with Gasteiger partial charge in [0, 0.05) is 16.8 Å². The number of sulfonamides is 1. The second-order valence-corrected chi connectivity index (χ2v) is 7.74. The van der Waals surface area contributed by atoms with Gasteiger partial charge in [0.25, 0.3) is 0 Å². The van der Waals surface area contributed by atoms with Crippen molar-refractivity contribution < 1.29 is 13.2 Å². The predicted octanol–water partition coefficient (Wildman–Crippen LogP) is 1.53. The summed E-state index contributed by atoms with van der Waals surface area (Å²) in [5.74, 6) is -0.222. The van der Waals surface area contributed by atoms with E-state index >= 15 is 0 Å². The first kappa shape index (κ1) is 17.8. The highest BCUT2D eigenvalue weighted by atomic mass is 35.5. The summed E-state index contributed by atoms with van der Waals surface area (Å²) >= 11 is 6.00. The Kier molecular flexibility index (Phi) is 5.07. The molecule has 132 valence electrons. The van der Waals surface area contributed by atoms with Crippen molar-refractivity contribution in [3.8, 4) is 0 Å². The zero-order valence-electron chi connectivity index (χ0n) is 13.1. The van der Waals surface area contributed by atoms with Crippen molar-refractivity contribution in [3.05, 3.63) is 59.1 Å². The Balaban J connectivity index is 1.63. The molecule has 2 atom stereocenters. The van der Waals surface area contributed by atoms with Gasteiger partial charge in [-0.25, -0.2) is 24.4 Å². The lowest BCUT2D eigenvalue weighted by Gasteiger charge is -2.11. The van der Waals surface area contributed by atoms with Crippen molar-refractivity contribution in [2.75, 3.05) is 5.32 Å². The Bertz CT molecular complexity index is 887. The van der Waals surface area contributed by atoms with Gasteiger partial charge in [-0.15, -0.1) is 0 Å². The molecule has 0 spiro atoms. The zero-order valence-corrected chi connectivity index (χ0v) is 14.6. The minimum absolute atomic E-state index is 0.00724. The molecule has 2 aromatic rings. The van der Waals surface area contributed by atoms with Crippen LogP contribution in [0.5, 0.6) is 0 Å². The lowest BCUT2D eigenvalue weighted by atomic mass is 10.0. The molecule has 7 nitrogen and oxygen atoms in total. The van der Waals surface area contributed by atoms with Gasteiger partial charge >= 0.3 is 0 Å². The summed E-state index contributed by atoms with van der Waals surface area (Å²) in [6.07, 6.45) is 0.557. The lowest BCUT2D eigenvalue weighted by molar-refractivity contribution is -0.117. The third kappa shape index (κ3) is 4.36. The normalized spacial score (nSPS) is 20.4. The molecule has 0 aliphatic carbocycles. The maximum Gasteiger partial charge on any atom is 0.242 e. The summed E-state index contributed by atoms with van der Waals surface area (Å²) < 4.78 is 22.5. The van der Waals surface area contributed by atoms with E-state index in [-0.39, 0.29) is 16.8 Å². The predicted molar refractivity (Wildman–Crippen MR) is 95.3 cm³/mol. The fourth-order valence-corrected chi connectivity index (χ4v) is 3.34. The van der Waals surface area contributed by atoms with E-state index < -0.39 is 16.1 Å². The fourth-order valence-electron chi connectivity index (χ4n) is 2.63. The maximum atomic E-state index is 12.4. The fraction of sp³-hybridized carbons (Fsp3) is 0.188. The number of carbonyl (C=O) groups is 1. The Morgan fingerprint density at radius 1 is 1.16 bits per heavy atom. The number of benzene rings is 2. The molecule has 0 saturated carbocycles. The monoisotopic (exact) mass is 380 g/mol. The number of halogens is 1. The van der Waals surface area contributed by atoms with Gasteiger partial charge in [-0.2, -0.15) is 0 Å². The van der Waals surface area contributed by atoms with Crippen molar-refractivity contribution in [1.29, 1.82) is 0 Å². The smallest absolute Gasteiger partial charge is 0.242 e. The molecule has 3 rings (SSSR count). The van der Waals surface area contributed by atoms with Crippen LogP contribution in [-0.4, -0.2) is 20.4 Å². The molecule has 25 heavy (non-hydrogen) atoms. The third-order valence-corrected chi connectivity index (χ3v) is 5.09. The van der Waals surface area contributed by atoms with Gasteiger partial charge in [0.05, 0.1) is 4.90 Å². The van der Waals surface area contributed by atoms with Crippen molar-refractivity contribution in [1.82, 2.24) is 10.9 Å². The lowest BCUT2D eigenvalue weighted by Crippen LogP contribution is -2.39. The highest BCUT2D eigenvalue weighted by molar-refractivity contribution is 7.89. The van der Waals surface area contributed by atoms with Crippen LogP contribution >= 0.6 is 11.6 Å². The third-order valence-electron chi connectivity index (χ3n) is 3.92. The van der Waals surface area contributed by atoms with Gasteiger partial charge in [0.15, 0.2) is 0 Å². The second kappa shape index (κ2) is 7.11. The topological polar surface area (TPSA) is 113 Å². The van der Waals surface area contributed by atoms with E-state index in [9.17, 15) is 13.2 Å². The van der Waals surface area contributed by atoms with E-state index in [1.807, 2.05) is 18.2 Å². The number of hydrazine groups is 1. The molecule has 5 N–H and O–H groups in total. The number of primary sulfonamides is 1. The van der Waals surface area contributed by atoms with Crippen molar-refractivity contribution >= 4 is 33.2 Å². The molecule has 0 bridgehead atoms. The largest absolute Gasteiger partial charge is 0.325 e. The highest BCUT2D eigenvalue weighted by Gasteiger charge is 2.30. The van der Waals surface area contributed by atoms with Gasteiger partial charge in [-0.3, -0.25) is 4.79 Å². The summed E-state index contributed by atoms with van der Waals surface area (Å²) in [5, 5.41) is 8.43. The van der Waals surface area contributed by atoms with Crippen LogP contribution in [0, 0.1) is 0 Å². The minimum Gasteiger partial charge on any atom is -0.325 e. The molecule has 1 aliphatic rings. The summed E-state index contributed by atoms with van der Waals surface area (Å²) in [6, 6.07) is 12.7. The maximum absolute atomic E-state index is 12.4. The van der Waals surface area contributed by atoms with Crippen molar-refractivity contribution in [2.24, 2.45) is 5.14 Å². The summed E-state index contributed by atoms with van der Waals surface area (Å²) in [6.45, 7) is 0. The molecule has 1 heterocycles. The van der Waals surface area contributed by atoms with Crippen LogP contribution in [0.2, 0.25) is 5.02 Å². The minimum atomic E-state index is -3.75. The van der Waals surface area contributed by atoms with Gasteiger partial charge in [-0.1, -0.05) is 23.7 Å². The molecular formula is C16H17ClN4O3S. The van der Waals surface area contributed by atoms with Crippen LogP contribution in [0.15, 0.2) is 53.4 Å². The molecule has 1 amide bonds. The number of anilines is 1. The Labute approximate surface area is 150 Å². The van der Waals surface area contributed by atoms with E-state index in [0.717, 1.165) is 5.56 Å². The van der Waals surface area contributed by atoms with Crippen molar-refractivity contribution in [2.45, 2.75) is 23.4 Å². The number of carbonyl (C=O) groups excluding carboxylic acids is 1. The van der Waals surface area contributed by atoms with Crippen LogP contribution < -0.4 is 21.3 Å². The summed E-state index contributed by atoms with van der Waals surface area (Å²) in [5.41, 5.74) is 7.52. The van der Waals surface area contributed by atoms with E-state index in [2.05, 4.69) is 16.2 Å². The Morgan fingerprint density at radius 2 is 1.88 bits per heavy atom. The molecule has 1 aliphatic heterocycles. The Morgan fingerprint density at radius 3 is 2.52 bits per heavy atom. The number of rotatable bonds is 4. The van der Waals surface area contributed by atoms with Crippen molar-refractivity contribution in [3.63, 3.8) is 0 Å². The molecule has 2 aromatic carbocycles. The SMILES string of the molecule is NS(=O)(=O)c1ccc(NC(=O)C2CC(c3cccc(Cl)c3)NN2)cc1. The van der Waals surface area contributed by atoms with Crippen LogP contribution in [0.25, 0.3) is 0 Å². The molecular weight excluding hydrogens is 364 g/mol. The summed E-state index contributed by atoms with van der Waals surface area (Å²) in [4.78, 5) is 12.4. The zero-order chi connectivity index (χ0) is 18.0. The molecule has 1 saturated heterocycles. The molecule has 9 heteroatoms. The first-order chi connectivity index (χ1) is 11.8. The number of amides is 1. The van der Waals surface area contributed by atoms with Gasteiger partial charge < -0.3 is 5.32 Å². The molecule has 1 fully saturated rings. The second-order valence-electron chi connectivity index (χ2n) is 5.74. The quantitative estimate of drug-likeness (QED) is 0.642. The first-order valence-corrected chi connectivity index (χ1v) is 9.45. The van der Waals surface area contributed by atoms with E-state index in [1.54, 1.807) is 6.07 Å². The average molecular weight is 381 g/mol. The van der Waals surface area contributed by atoms with Gasteiger partial charge in [-0.05, 0) is 48.4 Å². The van der Waals surface area contributed by atoms with Gasteiger partial charge in [0.2, 0.25) is 15.9 Å². The first-order valence-electron chi connectivity index (χ1n) is 7.53. The van der Waals surface area contributed by atoms with Gasteiger partial charge in [0.1, 0.15) is 6.04 Å². The van der Waals surface area contributed by atoms with Crippen LogP contribution in [0.4, 0.5) is 5.69 Å². The number of nitrogens with two attached hydrogens (primary N) is 1. The highest BCUT2D eigenvalue weighted by Crippen LogP contribution is 2.25. The molecule has 0 aromatic heterocycles. The van der Waals surface area contributed by atoms with Crippen LogP contribution in [0.1, 0.15) is 18.0 Å². The van der Waals surface area contributed by atoms with E-state index in [4.69, 9.17) is 16.7 Å². The average Bonchev–Trinajstić information content (AvgIpc) is 3.05. The number of nitrogens with one attached hydrogen (secondary N) is 3. The Hall–Kier alpha value is -1.97. The molecule has 0 radical (unpaired) electrons. The summed E-state index contributed by atoms with van der Waals surface area (Å²) in [7, 11) is -3.75.